The monoisotopic (exact) mass is 621 g/mol. The molecule has 5 heterocycles. The molecule has 4 aliphatic rings. The normalized spacial score (nSPS) is 18.1. The Hall–Kier alpha value is -5.32. The summed E-state index contributed by atoms with van der Waals surface area (Å²) >= 11 is 0. The van der Waals surface area contributed by atoms with E-state index in [1.54, 1.807) is 0 Å². The number of hydrogen-bond acceptors (Lipinski definition) is 0. The van der Waals surface area contributed by atoms with E-state index in [-0.39, 0.29) is 11.5 Å². The summed E-state index contributed by atoms with van der Waals surface area (Å²) in [6, 6.07) is 46.7. The molecule has 0 saturated heterocycles. The van der Waals surface area contributed by atoms with Crippen molar-refractivity contribution >= 4 is 22.4 Å². The maximum absolute atomic E-state index is 2.65. The number of pyridine rings is 1. The molecule has 7 aromatic rings. The van der Waals surface area contributed by atoms with Crippen LogP contribution >= 0.6 is 0 Å². The maximum Gasteiger partial charge on any atom is 0.354 e. The number of aromatic nitrogens is 3. The predicted octanol–water partition coefficient (Wildman–Crippen LogP) is 9.30. The van der Waals surface area contributed by atoms with Gasteiger partial charge in [-0.3, -0.25) is 0 Å². The lowest BCUT2D eigenvalue weighted by Crippen LogP contribution is -2.82. The molecular weight excluding hydrogens is 585 g/mol. The number of para-hydroxylation sites is 4. The fourth-order valence-electron chi connectivity index (χ4n) is 9.98. The van der Waals surface area contributed by atoms with Gasteiger partial charge in [0.25, 0.3) is 17.1 Å². The van der Waals surface area contributed by atoms with E-state index in [0.717, 1.165) is 0 Å². The van der Waals surface area contributed by atoms with Crippen molar-refractivity contribution in [1.82, 2.24) is 9.27 Å². The molecule has 4 nitrogen and oxygen atoms in total. The highest BCUT2D eigenvalue weighted by atomic mass is 15.9. The van der Waals surface area contributed by atoms with Crippen LogP contribution in [0.25, 0.3) is 44.8 Å². The van der Waals surface area contributed by atoms with E-state index in [2.05, 4.69) is 176 Å². The van der Waals surface area contributed by atoms with Gasteiger partial charge in [0.2, 0.25) is 11.7 Å². The summed E-state index contributed by atoms with van der Waals surface area (Å²) in [5.41, 5.74) is 18.2. The standard InChI is InChI=1S/C44H37N4/c1-27(2)46-37-22-10-11-23-38(37)47-42(46)32-17-13-21-36-41(32)48(47)40-31(39-26-28(43(3,4)5)24-25-45(39)48)16-12-20-35(40)44(36)33-18-8-6-14-29(33)30-15-7-9-19-34(30)44/h6-27H,1-5H3/q+3. The Morgan fingerprint density at radius 2 is 1.19 bits per heavy atom. The van der Waals surface area contributed by atoms with Gasteiger partial charge in [-0.2, -0.15) is 0 Å². The predicted molar refractivity (Wildman–Crippen MR) is 192 cm³/mol. The third-order valence-corrected chi connectivity index (χ3v) is 11.7. The Balaban J connectivity index is 1.43. The molecule has 0 amide bonds. The van der Waals surface area contributed by atoms with Crippen molar-refractivity contribution in [3.05, 3.63) is 155 Å². The SMILES string of the molecule is CC(C)n1c2[n+](c3ccccc31)[N+]13c4c(cccc4C4(c5ccccc5-c5ccccc54)c4cccc-2c41)-c1cc(C(C)(C)C)cc[n+]13. The van der Waals surface area contributed by atoms with Crippen LogP contribution in [0.1, 0.15) is 68.5 Å². The van der Waals surface area contributed by atoms with E-state index in [1.165, 1.54) is 84.0 Å². The first kappa shape index (κ1) is 26.7. The molecule has 230 valence electrons. The van der Waals surface area contributed by atoms with Gasteiger partial charge in [0, 0.05) is 32.6 Å². The lowest BCUT2D eigenvalue weighted by Gasteiger charge is -2.39. The molecule has 11 rings (SSSR count). The smallest absolute Gasteiger partial charge is 0.216 e. The number of benzene rings is 5. The quantitative estimate of drug-likeness (QED) is 0.128. The molecule has 0 bridgehead atoms. The van der Waals surface area contributed by atoms with Gasteiger partial charge in [0.15, 0.2) is 5.52 Å². The zero-order chi connectivity index (χ0) is 32.3. The van der Waals surface area contributed by atoms with E-state index in [4.69, 9.17) is 0 Å². The first-order valence-corrected chi connectivity index (χ1v) is 17.3. The Morgan fingerprint density at radius 1 is 0.625 bits per heavy atom. The van der Waals surface area contributed by atoms with Crippen molar-refractivity contribution in [2.24, 2.45) is 0 Å². The number of hydrogen-bond donors (Lipinski definition) is 0. The van der Waals surface area contributed by atoms with Gasteiger partial charge in [-0.15, -0.1) is 0 Å². The van der Waals surface area contributed by atoms with Crippen molar-refractivity contribution in [2.75, 3.05) is 0 Å². The molecule has 0 radical (unpaired) electrons. The van der Waals surface area contributed by atoms with Crippen molar-refractivity contribution in [2.45, 2.75) is 51.5 Å². The van der Waals surface area contributed by atoms with Crippen LogP contribution < -0.4 is 14.1 Å². The molecule has 0 fully saturated rings. The first-order chi connectivity index (χ1) is 23.3. The van der Waals surface area contributed by atoms with Crippen LogP contribution in [0.3, 0.4) is 0 Å². The number of imidazole rings is 1. The molecule has 4 heteroatoms. The fraction of sp³-hybridized carbons (Fsp3) is 0.182. The molecule has 0 N–H and O–H groups in total. The second kappa shape index (κ2) is 8.39. The van der Waals surface area contributed by atoms with Crippen molar-refractivity contribution in [1.29, 1.82) is 0 Å². The topological polar surface area (TPSA) is 12.7 Å². The fourth-order valence-corrected chi connectivity index (χ4v) is 9.98. The molecule has 2 aromatic heterocycles. The summed E-state index contributed by atoms with van der Waals surface area (Å²) in [5, 5.41) is 0. The summed E-state index contributed by atoms with van der Waals surface area (Å²) in [6.07, 6.45) is 2.37. The van der Waals surface area contributed by atoms with Crippen LogP contribution in [0.5, 0.6) is 0 Å². The highest BCUT2D eigenvalue weighted by molar-refractivity contribution is 5.99. The maximum atomic E-state index is 2.65. The lowest BCUT2D eigenvalue weighted by atomic mass is 9.64. The van der Waals surface area contributed by atoms with Crippen LogP contribution in [0.4, 0.5) is 11.4 Å². The Morgan fingerprint density at radius 3 is 1.85 bits per heavy atom. The zero-order valence-corrected chi connectivity index (χ0v) is 28.0. The summed E-state index contributed by atoms with van der Waals surface area (Å²) in [4.78, 5) is 0. The summed E-state index contributed by atoms with van der Waals surface area (Å²) in [7, 11) is 0. The zero-order valence-electron chi connectivity index (χ0n) is 28.0. The highest BCUT2D eigenvalue weighted by Gasteiger charge is 2.75. The van der Waals surface area contributed by atoms with E-state index in [9.17, 15) is 0 Å². The average Bonchev–Trinajstić information content (AvgIpc) is 3.78. The van der Waals surface area contributed by atoms with Crippen LogP contribution in [-0.4, -0.2) is 4.57 Å². The second-order valence-electron chi connectivity index (χ2n) is 15.3. The molecule has 1 atom stereocenters. The van der Waals surface area contributed by atoms with Crippen LogP contribution in [0.2, 0.25) is 0 Å². The molecule has 5 aromatic carbocycles. The molecule has 2 spiro atoms. The number of rotatable bonds is 1. The third kappa shape index (κ3) is 2.68. The Bertz CT molecular complexity index is 2550. The summed E-state index contributed by atoms with van der Waals surface area (Å²) in [5.74, 6) is 1.26. The second-order valence-corrected chi connectivity index (χ2v) is 15.3. The third-order valence-electron chi connectivity index (χ3n) is 11.7. The lowest BCUT2D eigenvalue weighted by molar-refractivity contribution is -1.01. The van der Waals surface area contributed by atoms with E-state index in [0.29, 0.717) is 4.70 Å². The van der Waals surface area contributed by atoms with Crippen molar-refractivity contribution in [3.8, 4) is 33.8 Å². The van der Waals surface area contributed by atoms with E-state index >= 15 is 0 Å². The minimum Gasteiger partial charge on any atom is -0.216 e. The number of quaternary nitrogens is 1. The van der Waals surface area contributed by atoms with E-state index < -0.39 is 5.41 Å². The van der Waals surface area contributed by atoms with Crippen LogP contribution in [-0.2, 0) is 10.8 Å². The number of fused-ring (bicyclic) bond motifs is 13. The van der Waals surface area contributed by atoms with Crippen molar-refractivity contribution < 1.29 is 9.35 Å². The largest absolute Gasteiger partial charge is 0.354 e. The first-order valence-electron chi connectivity index (χ1n) is 17.3. The Labute approximate surface area is 280 Å². The van der Waals surface area contributed by atoms with Gasteiger partial charge in [-0.1, -0.05) is 106 Å². The van der Waals surface area contributed by atoms with Gasteiger partial charge < -0.3 is 0 Å². The van der Waals surface area contributed by atoms with E-state index in [1.807, 2.05) is 0 Å². The molecule has 3 aliphatic heterocycles. The minimum atomic E-state index is -0.455. The summed E-state index contributed by atoms with van der Waals surface area (Å²) in [6.45, 7) is 11.6. The average molecular weight is 622 g/mol. The molecule has 0 saturated carbocycles. The van der Waals surface area contributed by atoms with Gasteiger partial charge >= 0.3 is 5.82 Å². The Kier molecular flexibility index (Phi) is 4.67. The van der Waals surface area contributed by atoms with Crippen LogP contribution in [0, 0.1) is 0 Å². The minimum absolute atomic E-state index is 0.0194. The van der Waals surface area contributed by atoms with Gasteiger partial charge in [0.05, 0.1) is 11.5 Å². The van der Waals surface area contributed by atoms with Crippen LogP contribution in [0.15, 0.2) is 128 Å². The van der Waals surface area contributed by atoms with Gasteiger partial charge in [-0.25, -0.2) is 4.57 Å². The molecule has 1 unspecified atom stereocenters. The van der Waals surface area contributed by atoms with Crippen molar-refractivity contribution in [3.63, 3.8) is 0 Å². The summed E-state index contributed by atoms with van der Waals surface area (Å²) < 4.78 is 8.28. The van der Waals surface area contributed by atoms with Gasteiger partial charge in [-0.05, 0) is 71.3 Å². The number of nitrogens with zero attached hydrogens (tertiary/aromatic N) is 4. The van der Waals surface area contributed by atoms with Gasteiger partial charge in [0.1, 0.15) is 15.8 Å². The molecule has 1 aliphatic carbocycles. The molecular formula is C44H37N4+3. The highest BCUT2D eigenvalue weighted by Crippen LogP contribution is 2.68. The molecule has 48 heavy (non-hydrogen) atoms.